The smallest absolute Gasteiger partial charge is 0.241 e. The maximum atomic E-state index is 13.2. The molecule has 1 saturated heterocycles. The van der Waals surface area contributed by atoms with E-state index in [9.17, 15) is 4.79 Å². The van der Waals surface area contributed by atoms with Gasteiger partial charge in [-0.25, -0.2) is 4.98 Å². The van der Waals surface area contributed by atoms with Gasteiger partial charge in [-0.05, 0) is 49.4 Å². The second-order valence-corrected chi connectivity index (χ2v) is 10.3. The van der Waals surface area contributed by atoms with Crippen molar-refractivity contribution in [3.05, 3.63) is 77.1 Å². The average Bonchev–Trinajstić information content (AvgIpc) is 3.52. The summed E-state index contributed by atoms with van der Waals surface area (Å²) in [4.78, 5) is 28.2. The van der Waals surface area contributed by atoms with Gasteiger partial charge in [0, 0.05) is 67.1 Å². The summed E-state index contributed by atoms with van der Waals surface area (Å²) in [6.45, 7) is 4.51. The molecule has 1 fully saturated rings. The van der Waals surface area contributed by atoms with Gasteiger partial charge in [-0.3, -0.25) is 19.2 Å². The molecule has 1 N–H and O–H groups in total. The molecule has 0 saturated carbocycles. The standard InChI is InChI=1S/C28H27Cl2N7O/c1-2-35-9-7-19-13-20(3-4-23(19)35)27-28(37-12-8-31-16-24(37)34-27)33-17-25(38)36-10-5-18(6-11-36)26-21(29)14-32-15-22(26)30/h3-4,7-9,12-16,18,33H,2,5-6,10-11,17H2,1H3. The molecule has 10 heteroatoms. The fraction of sp³-hybridized carbons (Fsp3) is 0.286. The largest absolute Gasteiger partial charge is 0.360 e. The Morgan fingerprint density at radius 2 is 1.84 bits per heavy atom. The van der Waals surface area contributed by atoms with Crippen LogP contribution in [0, 0.1) is 0 Å². The minimum Gasteiger partial charge on any atom is -0.360 e. The van der Waals surface area contributed by atoms with Crippen LogP contribution in [0.15, 0.2) is 61.4 Å². The van der Waals surface area contributed by atoms with Crippen LogP contribution in [0.4, 0.5) is 5.82 Å². The zero-order chi connectivity index (χ0) is 26.2. The van der Waals surface area contributed by atoms with Crippen LogP contribution in [-0.4, -0.2) is 54.4 Å². The first-order chi connectivity index (χ1) is 18.5. The molecule has 0 spiro atoms. The summed E-state index contributed by atoms with van der Waals surface area (Å²) in [6, 6.07) is 8.46. The second kappa shape index (κ2) is 10.3. The minimum atomic E-state index is 0.0424. The third-order valence-corrected chi connectivity index (χ3v) is 7.97. The Labute approximate surface area is 230 Å². The molecule has 0 atom stereocenters. The van der Waals surface area contributed by atoms with Crippen LogP contribution in [0.2, 0.25) is 10.0 Å². The number of imidazole rings is 1. The van der Waals surface area contributed by atoms with Crippen LogP contribution in [0.25, 0.3) is 27.8 Å². The predicted molar refractivity (Wildman–Crippen MR) is 151 cm³/mol. The monoisotopic (exact) mass is 547 g/mol. The number of nitrogens with one attached hydrogen (secondary N) is 1. The van der Waals surface area contributed by atoms with E-state index in [2.05, 4.69) is 57.2 Å². The summed E-state index contributed by atoms with van der Waals surface area (Å²) in [5.74, 6) is 1.03. The number of carbonyl (C=O) groups is 1. The van der Waals surface area contributed by atoms with Gasteiger partial charge in [-0.2, -0.15) is 0 Å². The zero-order valence-electron chi connectivity index (χ0n) is 20.9. The molecule has 38 heavy (non-hydrogen) atoms. The second-order valence-electron chi connectivity index (χ2n) is 9.51. The maximum Gasteiger partial charge on any atom is 0.241 e. The first-order valence-electron chi connectivity index (χ1n) is 12.8. The number of amides is 1. The maximum absolute atomic E-state index is 13.2. The number of anilines is 1. The predicted octanol–water partition coefficient (Wildman–Crippen LogP) is 5.89. The molecule has 1 amide bonds. The van der Waals surface area contributed by atoms with Crippen molar-refractivity contribution in [3.63, 3.8) is 0 Å². The highest BCUT2D eigenvalue weighted by molar-refractivity contribution is 6.35. The van der Waals surface area contributed by atoms with Crippen molar-refractivity contribution in [2.75, 3.05) is 25.0 Å². The molecule has 0 aliphatic carbocycles. The number of rotatable bonds is 6. The number of halogens is 2. The van der Waals surface area contributed by atoms with Gasteiger partial charge in [0.15, 0.2) is 5.65 Å². The Bertz CT molecular complexity index is 1620. The molecule has 0 unspecified atom stereocenters. The van der Waals surface area contributed by atoms with E-state index in [0.29, 0.717) is 23.1 Å². The molecule has 1 aromatic carbocycles. The van der Waals surface area contributed by atoms with Gasteiger partial charge in [0.25, 0.3) is 0 Å². The van der Waals surface area contributed by atoms with E-state index in [1.54, 1.807) is 24.8 Å². The van der Waals surface area contributed by atoms with E-state index < -0.39 is 0 Å². The van der Waals surface area contributed by atoms with Gasteiger partial charge in [0.2, 0.25) is 5.91 Å². The highest BCUT2D eigenvalue weighted by Crippen LogP contribution is 2.37. The van der Waals surface area contributed by atoms with Crippen LogP contribution < -0.4 is 5.32 Å². The van der Waals surface area contributed by atoms with Crippen molar-refractivity contribution in [3.8, 4) is 11.3 Å². The number of hydrogen-bond donors (Lipinski definition) is 1. The van der Waals surface area contributed by atoms with Gasteiger partial charge in [-0.1, -0.05) is 29.3 Å². The Morgan fingerprint density at radius 1 is 1.05 bits per heavy atom. The molecule has 1 aliphatic heterocycles. The van der Waals surface area contributed by atoms with E-state index in [-0.39, 0.29) is 18.4 Å². The van der Waals surface area contributed by atoms with Crippen LogP contribution in [0.5, 0.6) is 0 Å². The topological polar surface area (TPSA) is 80.3 Å². The number of carbonyl (C=O) groups excluding carboxylic acids is 1. The van der Waals surface area contributed by atoms with Crippen LogP contribution >= 0.6 is 23.2 Å². The molecule has 194 valence electrons. The molecule has 1 aliphatic rings. The Balaban J connectivity index is 1.20. The quantitative estimate of drug-likeness (QED) is 0.286. The van der Waals surface area contributed by atoms with Crippen molar-refractivity contribution >= 4 is 51.5 Å². The number of likely N-dealkylation sites (tertiary alicyclic amines) is 1. The van der Waals surface area contributed by atoms with E-state index in [1.807, 2.05) is 15.5 Å². The summed E-state index contributed by atoms with van der Waals surface area (Å²) >= 11 is 12.7. The highest BCUT2D eigenvalue weighted by atomic mass is 35.5. The lowest BCUT2D eigenvalue weighted by atomic mass is 9.90. The van der Waals surface area contributed by atoms with Crippen LogP contribution in [0.1, 0.15) is 31.2 Å². The Hall–Kier alpha value is -3.62. The third kappa shape index (κ3) is 4.48. The number of aromatic nitrogens is 5. The summed E-state index contributed by atoms with van der Waals surface area (Å²) < 4.78 is 4.15. The number of benzene rings is 1. The number of pyridine rings is 1. The number of aryl methyl sites for hydroxylation is 1. The molecular weight excluding hydrogens is 521 g/mol. The Kier molecular flexibility index (Phi) is 6.68. The normalized spacial score (nSPS) is 14.4. The van der Waals surface area contributed by atoms with Crippen molar-refractivity contribution in [1.82, 2.24) is 28.8 Å². The van der Waals surface area contributed by atoms with Gasteiger partial charge in [0.1, 0.15) is 11.5 Å². The summed E-state index contributed by atoms with van der Waals surface area (Å²) in [5.41, 5.74) is 4.61. The summed E-state index contributed by atoms with van der Waals surface area (Å²) in [6.07, 6.45) is 12.3. The van der Waals surface area contributed by atoms with Gasteiger partial charge >= 0.3 is 0 Å². The molecular formula is C28H27Cl2N7O. The van der Waals surface area contributed by atoms with E-state index in [1.165, 1.54) is 5.52 Å². The van der Waals surface area contributed by atoms with Crippen molar-refractivity contribution in [2.45, 2.75) is 32.2 Å². The van der Waals surface area contributed by atoms with E-state index in [0.717, 1.165) is 53.1 Å². The van der Waals surface area contributed by atoms with Crippen LogP contribution in [-0.2, 0) is 11.3 Å². The fourth-order valence-electron chi connectivity index (χ4n) is 5.40. The number of piperidine rings is 1. The molecule has 5 aromatic rings. The average molecular weight is 548 g/mol. The number of fused-ring (bicyclic) bond motifs is 2. The fourth-order valence-corrected chi connectivity index (χ4v) is 6.07. The lowest BCUT2D eigenvalue weighted by Crippen LogP contribution is -2.41. The zero-order valence-corrected chi connectivity index (χ0v) is 22.5. The number of nitrogens with zero attached hydrogens (tertiary/aromatic N) is 6. The van der Waals surface area contributed by atoms with Crippen LogP contribution in [0.3, 0.4) is 0 Å². The molecule has 0 radical (unpaired) electrons. The van der Waals surface area contributed by atoms with E-state index >= 15 is 0 Å². The first kappa shape index (κ1) is 24.7. The third-order valence-electron chi connectivity index (χ3n) is 7.37. The highest BCUT2D eigenvalue weighted by Gasteiger charge is 2.27. The molecule has 6 rings (SSSR count). The Morgan fingerprint density at radius 3 is 2.61 bits per heavy atom. The van der Waals surface area contributed by atoms with E-state index in [4.69, 9.17) is 28.2 Å². The lowest BCUT2D eigenvalue weighted by molar-refractivity contribution is -0.130. The summed E-state index contributed by atoms with van der Waals surface area (Å²) in [5, 5.41) is 5.71. The summed E-state index contributed by atoms with van der Waals surface area (Å²) in [7, 11) is 0. The molecule has 4 aromatic heterocycles. The van der Waals surface area contributed by atoms with Gasteiger partial charge < -0.3 is 14.8 Å². The van der Waals surface area contributed by atoms with Gasteiger partial charge in [-0.15, -0.1) is 0 Å². The van der Waals surface area contributed by atoms with Crippen molar-refractivity contribution < 1.29 is 4.79 Å². The molecule has 5 heterocycles. The minimum absolute atomic E-state index is 0.0424. The van der Waals surface area contributed by atoms with Gasteiger partial charge in [0.05, 0.1) is 22.8 Å². The lowest BCUT2D eigenvalue weighted by Gasteiger charge is -2.33. The number of hydrogen-bond acceptors (Lipinski definition) is 5. The van der Waals surface area contributed by atoms with Crippen molar-refractivity contribution in [2.24, 2.45) is 0 Å². The van der Waals surface area contributed by atoms with Crippen molar-refractivity contribution in [1.29, 1.82) is 0 Å². The molecule has 8 nitrogen and oxygen atoms in total. The SMILES string of the molecule is CCn1ccc2cc(-c3nc4cnccn4c3NCC(=O)N3CCC(c4c(Cl)cncc4Cl)CC3)ccc21. The molecule has 0 bridgehead atoms. The first-order valence-corrected chi connectivity index (χ1v) is 13.5.